The van der Waals surface area contributed by atoms with Crippen LogP contribution in [0, 0.1) is 12.7 Å². The summed E-state index contributed by atoms with van der Waals surface area (Å²) in [6.45, 7) is 4.66. The number of thiazole rings is 1. The van der Waals surface area contributed by atoms with E-state index >= 15 is 0 Å². The molecule has 0 unspecified atom stereocenters. The molecule has 134 valence electrons. The maximum atomic E-state index is 13.0. The average molecular weight is 390 g/mol. The first-order valence-corrected chi connectivity index (χ1v) is 9.58. The van der Waals surface area contributed by atoms with Crippen molar-refractivity contribution in [2.24, 2.45) is 0 Å². The third kappa shape index (κ3) is 3.15. The molecule has 7 heteroatoms. The quantitative estimate of drug-likeness (QED) is 0.653. The summed E-state index contributed by atoms with van der Waals surface area (Å²) in [6, 6.07) is 9.60. The van der Waals surface area contributed by atoms with Crippen molar-refractivity contribution in [1.82, 2.24) is 9.88 Å². The normalized spacial score (nSPS) is 14.9. The van der Waals surface area contributed by atoms with E-state index in [1.54, 1.807) is 16.2 Å². The number of aromatic nitrogens is 1. The number of nitrogens with zero attached hydrogens (tertiary/aromatic N) is 3. The van der Waals surface area contributed by atoms with Crippen molar-refractivity contribution in [2.45, 2.75) is 6.92 Å². The Labute approximate surface area is 159 Å². The smallest absolute Gasteiger partial charge is 0.253 e. The number of fused-ring (bicyclic) bond motifs is 1. The van der Waals surface area contributed by atoms with Crippen LogP contribution in [0.4, 0.5) is 9.52 Å². The highest BCUT2D eigenvalue weighted by atomic mass is 35.5. The van der Waals surface area contributed by atoms with Gasteiger partial charge in [-0.25, -0.2) is 9.37 Å². The summed E-state index contributed by atoms with van der Waals surface area (Å²) in [6.07, 6.45) is 0. The lowest BCUT2D eigenvalue weighted by molar-refractivity contribution is 0.0746. The molecule has 0 spiro atoms. The highest BCUT2D eigenvalue weighted by Gasteiger charge is 2.24. The van der Waals surface area contributed by atoms with E-state index in [1.807, 2.05) is 19.1 Å². The topological polar surface area (TPSA) is 36.4 Å². The Kier molecular flexibility index (Phi) is 4.54. The molecule has 1 aromatic heterocycles. The molecule has 0 aliphatic carbocycles. The minimum absolute atomic E-state index is 0.0587. The first-order chi connectivity index (χ1) is 12.5. The second-order valence-electron chi connectivity index (χ2n) is 6.30. The minimum Gasteiger partial charge on any atom is -0.345 e. The molecular formula is C19H17ClFN3OS. The van der Waals surface area contributed by atoms with Gasteiger partial charge in [-0.1, -0.05) is 22.9 Å². The highest BCUT2D eigenvalue weighted by Crippen LogP contribution is 2.33. The molecule has 4 rings (SSSR count). The Morgan fingerprint density at radius 1 is 1.12 bits per heavy atom. The number of anilines is 1. The lowest BCUT2D eigenvalue weighted by Crippen LogP contribution is -2.48. The number of carbonyl (C=O) groups is 1. The first-order valence-electron chi connectivity index (χ1n) is 8.38. The van der Waals surface area contributed by atoms with Crippen molar-refractivity contribution < 1.29 is 9.18 Å². The van der Waals surface area contributed by atoms with Gasteiger partial charge in [-0.05, 0) is 48.9 Å². The second kappa shape index (κ2) is 6.85. The van der Waals surface area contributed by atoms with E-state index < -0.39 is 0 Å². The highest BCUT2D eigenvalue weighted by molar-refractivity contribution is 7.22. The van der Waals surface area contributed by atoms with Gasteiger partial charge < -0.3 is 9.80 Å². The molecule has 0 atom stereocenters. The fourth-order valence-electron chi connectivity index (χ4n) is 3.10. The summed E-state index contributed by atoms with van der Waals surface area (Å²) in [7, 11) is 0. The third-order valence-electron chi connectivity index (χ3n) is 4.67. The number of aryl methyl sites for hydroxylation is 1. The van der Waals surface area contributed by atoms with Crippen LogP contribution in [0.5, 0.6) is 0 Å². The van der Waals surface area contributed by atoms with Crippen LogP contribution in [0.1, 0.15) is 15.9 Å². The Morgan fingerprint density at radius 3 is 2.50 bits per heavy atom. The van der Waals surface area contributed by atoms with Gasteiger partial charge in [0, 0.05) is 36.8 Å². The van der Waals surface area contributed by atoms with Crippen LogP contribution < -0.4 is 4.90 Å². The summed E-state index contributed by atoms with van der Waals surface area (Å²) in [4.78, 5) is 21.3. The van der Waals surface area contributed by atoms with Gasteiger partial charge in [0.2, 0.25) is 0 Å². The summed E-state index contributed by atoms with van der Waals surface area (Å²) < 4.78 is 14.1. The van der Waals surface area contributed by atoms with E-state index in [2.05, 4.69) is 4.90 Å². The Balaban J connectivity index is 1.47. The maximum Gasteiger partial charge on any atom is 0.253 e. The zero-order valence-corrected chi connectivity index (χ0v) is 15.8. The zero-order valence-electron chi connectivity index (χ0n) is 14.2. The summed E-state index contributed by atoms with van der Waals surface area (Å²) in [5.41, 5.74) is 2.46. The van der Waals surface area contributed by atoms with E-state index in [4.69, 9.17) is 16.6 Å². The predicted octanol–water partition coefficient (Wildman–Crippen LogP) is 4.36. The molecule has 0 radical (unpaired) electrons. The number of hydrogen-bond acceptors (Lipinski definition) is 4. The number of piperazine rings is 1. The van der Waals surface area contributed by atoms with Crippen molar-refractivity contribution in [3.63, 3.8) is 0 Å². The molecule has 0 N–H and O–H groups in total. The van der Waals surface area contributed by atoms with Crippen LogP contribution in [-0.2, 0) is 0 Å². The van der Waals surface area contributed by atoms with Crippen molar-refractivity contribution in [3.8, 4) is 0 Å². The van der Waals surface area contributed by atoms with E-state index in [0.29, 0.717) is 18.7 Å². The number of halogens is 2. The molecule has 1 fully saturated rings. The largest absolute Gasteiger partial charge is 0.345 e. The van der Waals surface area contributed by atoms with Crippen LogP contribution in [0.3, 0.4) is 0 Å². The second-order valence-corrected chi connectivity index (χ2v) is 7.72. The lowest BCUT2D eigenvalue weighted by atomic mass is 10.2. The van der Waals surface area contributed by atoms with Crippen LogP contribution >= 0.6 is 22.9 Å². The Bertz CT molecular complexity index is 965. The molecule has 0 saturated carbocycles. The Morgan fingerprint density at radius 2 is 1.81 bits per heavy atom. The molecule has 0 bridgehead atoms. The van der Waals surface area contributed by atoms with Gasteiger partial charge in [0.05, 0.1) is 10.2 Å². The van der Waals surface area contributed by atoms with Crippen LogP contribution in [-0.4, -0.2) is 42.0 Å². The van der Waals surface area contributed by atoms with E-state index in [0.717, 1.165) is 39.0 Å². The van der Waals surface area contributed by atoms with Gasteiger partial charge in [-0.2, -0.15) is 0 Å². The van der Waals surface area contributed by atoms with Crippen molar-refractivity contribution in [2.75, 3.05) is 31.1 Å². The number of rotatable bonds is 2. The van der Waals surface area contributed by atoms with Crippen molar-refractivity contribution in [3.05, 3.63) is 58.4 Å². The maximum absolute atomic E-state index is 13.0. The lowest BCUT2D eigenvalue weighted by Gasteiger charge is -2.34. The first kappa shape index (κ1) is 17.2. The molecule has 3 aromatic rings. The molecule has 4 nitrogen and oxygen atoms in total. The Hall–Kier alpha value is -2.18. The molecule has 2 heterocycles. The number of hydrogen-bond donors (Lipinski definition) is 0. The van der Waals surface area contributed by atoms with E-state index in [-0.39, 0.29) is 11.7 Å². The fraction of sp³-hybridized carbons (Fsp3) is 0.263. The number of amides is 1. The predicted molar refractivity (Wildman–Crippen MR) is 104 cm³/mol. The van der Waals surface area contributed by atoms with Crippen molar-refractivity contribution in [1.29, 1.82) is 0 Å². The van der Waals surface area contributed by atoms with E-state index in [9.17, 15) is 9.18 Å². The molecule has 1 aliphatic rings. The number of carbonyl (C=O) groups excluding carboxylic acids is 1. The number of benzene rings is 2. The van der Waals surface area contributed by atoms with Gasteiger partial charge in [0.25, 0.3) is 5.91 Å². The van der Waals surface area contributed by atoms with Crippen LogP contribution in [0.15, 0.2) is 36.4 Å². The monoisotopic (exact) mass is 389 g/mol. The summed E-state index contributed by atoms with van der Waals surface area (Å²) in [5.74, 6) is -0.394. The molecular weight excluding hydrogens is 373 g/mol. The summed E-state index contributed by atoms with van der Waals surface area (Å²) in [5, 5.41) is 1.68. The minimum atomic E-state index is -0.336. The van der Waals surface area contributed by atoms with Gasteiger partial charge in [-0.3, -0.25) is 4.79 Å². The zero-order chi connectivity index (χ0) is 18.3. The molecule has 1 amide bonds. The summed E-state index contributed by atoms with van der Waals surface area (Å²) >= 11 is 7.83. The molecule has 1 saturated heterocycles. The van der Waals surface area contributed by atoms with Gasteiger partial charge in [0.15, 0.2) is 5.13 Å². The van der Waals surface area contributed by atoms with Crippen molar-refractivity contribution >= 4 is 44.2 Å². The average Bonchev–Trinajstić information content (AvgIpc) is 3.10. The molecule has 1 aliphatic heterocycles. The van der Waals surface area contributed by atoms with Gasteiger partial charge in [-0.15, -0.1) is 0 Å². The standard InChI is InChI=1S/C19H17ClFN3OS/c1-12-15(20)6-7-16-17(12)22-19(26-16)24-10-8-23(9-11-24)18(25)13-2-4-14(21)5-3-13/h2-7H,8-11H2,1H3. The third-order valence-corrected chi connectivity index (χ3v) is 6.16. The molecule has 2 aromatic carbocycles. The van der Waals surface area contributed by atoms with Crippen LogP contribution in [0.25, 0.3) is 10.2 Å². The molecule has 26 heavy (non-hydrogen) atoms. The fourth-order valence-corrected chi connectivity index (χ4v) is 4.33. The van der Waals surface area contributed by atoms with E-state index in [1.165, 1.54) is 24.3 Å². The van der Waals surface area contributed by atoms with Crippen LogP contribution in [0.2, 0.25) is 5.02 Å². The SMILES string of the molecule is Cc1c(Cl)ccc2sc(N3CCN(C(=O)c4ccc(F)cc4)CC3)nc12. The van der Waals surface area contributed by atoms with Gasteiger partial charge in [0.1, 0.15) is 5.82 Å². The van der Waals surface area contributed by atoms with Gasteiger partial charge >= 0.3 is 0 Å².